The lowest BCUT2D eigenvalue weighted by molar-refractivity contribution is 0.124. The number of fused-ring (bicyclic) bond motifs is 3. The van der Waals surface area contributed by atoms with Crippen LogP contribution in [0, 0.1) is 12.3 Å². The van der Waals surface area contributed by atoms with Crippen molar-refractivity contribution >= 4 is 59.8 Å². The van der Waals surface area contributed by atoms with Crippen LogP contribution in [-0.2, 0) is 15.4 Å². The normalized spacial score (nSPS) is 16.5. The molecule has 3 N–H and O–H groups in total. The third-order valence-corrected chi connectivity index (χ3v) is 12.4. The molecule has 3 heterocycles. The number of urea groups is 1. The second-order valence-corrected chi connectivity index (χ2v) is 17.1. The van der Waals surface area contributed by atoms with Gasteiger partial charge in [-0.1, -0.05) is 64.2 Å². The highest BCUT2D eigenvalue weighted by Crippen LogP contribution is 2.56. The zero-order valence-electron chi connectivity index (χ0n) is 28.6. The van der Waals surface area contributed by atoms with Gasteiger partial charge in [-0.05, 0) is 80.2 Å². The van der Waals surface area contributed by atoms with E-state index < -0.39 is 21.5 Å². The Labute approximate surface area is 287 Å². The first-order valence-electron chi connectivity index (χ1n) is 16.7. The second kappa shape index (κ2) is 13.0. The number of carbonyl (C=O) groups is 1. The highest BCUT2D eigenvalue weighted by atomic mass is 32.2. The van der Waals surface area contributed by atoms with E-state index in [0.29, 0.717) is 47.4 Å². The van der Waals surface area contributed by atoms with Gasteiger partial charge in [-0.15, -0.1) is 0 Å². The number of sulfonamides is 1. The van der Waals surface area contributed by atoms with Crippen LogP contribution in [0.15, 0.2) is 59.5 Å². The van der Waals surface area contributed by atoms with Gasteiger partial charge in [-0.3, -0.25) is 5.32 Å². The van der Waals surface area contributed by atoms with E-state index in [2.05, 4.69) is 41.3 Å². The molecule has 1 spiro atoms. The number of thiazole rings is 1. The lowest BCUT2D eigenvalue weighted by Crippen LogP contribution is -2.47. The first-order valence-corrected chi connectivity index (χ1v) is 18.9. The Bertz CT molecular complexity index is 1940. The Hall–Kier alpha value is -3.71. The molecule has 6 rings (SSSR count). The molecule has 0 atom stereocenters. The van der Waals surface area contributed by atoms with Gasteiger partial charge in [-0.2, -0.15) is 4.31 Å². The van der Waals surface area contributed by atoms with Crippen molar-refractivity contribution in [3.8, 4) is 5.75 Å². The average Bonchev–Trinajstić information content (AvgIpc) is 3.57. The van der Waals surface area contributed by atoms with Crippen LogP contribution in [0.1, 0.15) is 58.6 Å². The average molecular weight is 691 g/mol. The van der Waals surface area contributed by atoms with E-state index in [1.54, 1.807) is 6.07 Å². The van der Waals surface area contributed by atoms with Gasteiger partial charge in [0.15, 0.2) is 5.13 Å². The van der Waals surface area contributed by atoms with Crippen molar-refractivity contribution in [3.63, 3.8) is 0 Å². The van der Waals surface area contributed by atoms with E-state index >= 15 is 0 Å². The molecule has 2 aliphatic heterocycles. The van der Waals surface area contributed by atoms with Crippen molar-refractivity contribution in [2.45, 2.75) is 64.7 Å². The third-order valence-electron chi connectivity index (χ3n) is 9.42. The van der Waals surface area contributed by atoms with Crippen molar-refractivity contribution in [1.29, 1.82) is 0 Å². The number of aromatic nitrogens is 1. The number of aromatic hydroxyl groups is 1. The molecule has 0 saturated carbocycles. The summed E-state index contributed by atoms with van der Waals surface area (Å²) in [5, 5.41) is 17.9. The van der Waals surface area contributed by atoms with Crippen LogP contribution < -0.4 is 15.5 Å². The number of piperidine rings is 1. The minimum absolute atomic E-state index is 0.0153. The molecule has 0 bridgehead atoms. The maximum atomic E-state index is 14.2. The topological polar surface area (TPSA) is 118 Å². The van der Waals surface area contributed by atoms with Crippen molar-refractivity contribution < 1.29 is 18.3 Å². The molecule has 0 aliphatic carbocycles. The molecule has 10 nitrogen and oxygen atoms in total. The van der Waals surface area contributed by atoms with E-state index in [9.17, 15) is 18.3 Å². The number of likely N-dealkylation sites (tertiary alicyclic amines) is 1. The van der Waals surface area contributed by atoms with Crippen molar-refractivity contribution in [1.82, 2.24) is 14.2 Å². The molecule has 0 radical (unpaired) electrons. The fraction of sp³-hybridized carbons (Fsp3) is 0.444. The first-order chi connectivity index (χ1) is 22.7. The Kier molecular flexibility index (Phi) is 9.22. The van der Waals surface area contributed by atoms with E-state index in [0.717, 1.165) is 48.3 Å². The second-order valence-electron chi connectivity index (χ2n) is 14.2. The summed E-state index contributed by atoms with van der Waals surface area (Å²) in [4.78, 5) is 22.6. The molecule has 2 aliphatic rings. The van der Waals surface area contributed by atoms with Gasteiger partial charge in [0, 0.05) is 37.2 Å². The summed E-state index contributed by atoms with van der Waals surface area (Å²) < 4.78 is 30.9. The molecule has 256 valence electrons. The molecule has 2 amide bonds. The summed E-state index contributed by atoms with van der Waals surface area (Å²) in [6, 6.07) is 16.1. The van der Waals surface area contributed by atoms with Crippen LogP contribution in [0.5, 0.6) is 5.75 Å². The molecular weight excluding hydrogens is 645 g/mol. The van der Waals surface area contributed by atoms with Gasteiger partial charge in [0.25, 0.3) is 0 Å². The van der Waals surface area contributed by atoms with Gasteiger partial charge < -0.3 is 20.2 Å². The summed E-state index contributed by atoms with van der Waals surface area (Å²) in [5.41, 5.74) is 3.93. The predicted molar refractivity (Wildman–Crippen MR) is 195 cm³/mol. The SMILES string of the molecule is CCN(CC)S(=O)(=O)c1ccc(O)c2c1C1(CCN(CC(C)(C)C)CC1)CN2c1ccccc1NC(=O)Nc1nc2ccc(C)cc2s1. The number of para-hydroxylation sites is 2. The number of phenolic OH excluding ortho intramolecular Hbond substituents is 1. The summed E-state index contributed by atoms with van der Waals surface area (Å²) in [6.45, 7) is 16.1. The van der Waals surface area contributed by atoms with E-state index in [1.165, 1.54) is 21.7 Å². The van der Waals surface area contributed by atoms with E-state index in [1.807, 2.05) is 68.1 Å². The molecule has 1 saturated heterocycles. The fourth-order valence-corrected chi connectivity index (χ4v) is 10.0. The molecule has 0 unspecified atom stereocenters. The lowest BCUT2D eigenvalue weighted by atomic mass is 9.74. The van der Waals surface area contributed by atoms with Gasteiger partial charge in [-0.25, -0.2) is 18.2 Å². The number of aryl methyl sites for hydroxylation is 1. The molecule has 1 fully saturated rings. The quantitative estimate of drug-likeness (QED) is 0.175. The number of amides is 2. The summed E-state index contributed by atoms with van der Waals surface area (Å²) in [5.74, 6) is 0.0153. The first kappa shape index (κ1) is 34.2. The molecule has 3 aromatic carbocycles. The molecule has 1 aromatic heterocycles. The fourth-order valence-electron chi connectivity index (χ4n) is 7.30. The predicted octanol–water partition coefficient (Wildman–Crippen LogP) is 7.52. The molecule has 48 heavy (non-hydrogen) atoms. The standard InChI is InChI=1S/C36H46N6O4S2/c1-7-41(8-2)48(45,46)30-16-15-28(43)32-31(30)36(17-19-40(20-18-36)22-35(4,5)6)23-42(32)27-12-10-9-11-25(27)37-33(44)39-34-38-26-14-13-24(3)21-29(26)47-34/h9-16,21,43H,7-8,17-20,22-23H2,1-6H3,(H2,37,38,39,44). The number of phenols is 1. The molecule has 4 aromatic rings. The Morgan fingerprint density at radius 3 is 2.44 bits per heavy atom. The highest BCUT2D eigenvalue weighted by molar-refractivity contribution is 7.89. The van der Waals surface area contributed by atoms with Crippen molar-refractivity contribution in [2.75, 3.05) is 54.8 Å². The zero-order chi connectivity index (χ0) is 34.4. The van der Waals surface area contributed by atoms with Crippen molar-refractivity contribution in [3.05, 3.63) is 65.7 Å². The summed E-state index contributed by atoms with van der Waals surface area (Å²) in [7, 11) is -3.85. The number of hydrogen-bond donors (Lipinski definition) is 3. The highest BCUT2D eigenvalue weighted by Gasteiger charge is 2.50. The van der Waals surface area contributed by atoms with Gasteiger partial charge in [0.2, 0.25) is 10.0 Å². The summed E-state index contributed by atoms with van der Waals surface area (Å²) >= 11 is 1.41. The van der Waals surface area contributed by atoms with Crippen LogP contribution in [-0.4, -0.2) is 73.0 Å². The van der Waals surface area contributed by atoms with Crippen LogP contribution >= 0.6 is 11.3 Å². The van der Waals surface area contributed by atoms with Crippen LogP contribution in [0.25, 0.3) is 10.2 Å². The third kappa shape index (κ3) is 6.50. The number of anilines is 4. The smallest absolute Gasteiger partial charge is 0.325 e. The largest absolute Gasteiger partial charge is 0.506 e. The Morgan fingerprint density at radius 1 is 1.04 bits per heavy atom. The molecular formula is C36H46N6O4S2. The van der Waals surface area contributed by atoms with Crippen LogP contribution in [0.4, 0.5) is 27.0 Å². The summed E-state index contributed by atoms with van der Waals surface area (Å²) in [6.07, 6.45) is 1.48. The van der Waals surface area contributed by atoms with Crippen LogP contribution in [0.2, 0.25) is 0 Å². The number of rotatable bonds is 8. The van der Waals surface area contributed by atoms with Gasteiger partial charge >= 0.3 is 6.03 Å². The number of nitrogens with one attached hydrogen (secondary N) is 2. The van der Waals surface area contributed by atoms with E-state index in [4.69, 9.17) is 0 Å². The Balaban J connectivity index is 1.39. The number of benzene rings is 3. The lowest BCUT2D eigenvalue weighted by Gasteiger charge is -2.42. The monoisotopic (exact) mass is 690 g/mol. The van der Waals surface area contributed by atoms with E-state index in [-0.39, 0.29) is 16.1 Å². The minimum atomic E-state index is -3.85. The Morgan fingerprint density at radius 2 is 1.75 bits per heavy atom. The number of carbonyl (C=O) groups excluding carboxylic acids is 1. The minimum Gasteiger partial charge on any atom is -0.506 e. The number of hydrogen-bond acceptors (Lipinski definition) is 8. The maximum Gasteiger partial charge on any atom is 0.325 e. The number of nitrogens with zero attached hydrogens (tertiary/aromatic N) is 4. The van der Waals surface area contributed by atoms with Gasteiger partial charge in [0.05, 0.1) is 32.2 Å². The van der Waals surface area contributed by atoms with Crippen molar-refractivity contribution in [2.24, 2.45) is 5.41 Å². The zero-order valence-corrected chi connectivity index (χ0v) is 30.3. The molecule has 12 heteroatoms. The maximum absolute atomic E-state index is 14.2. The van der Waals surface area contributed by atoms with Gasteiger partial charge in [0.1, 0.15) is 5.75 Å². The van der Waals surface area contributed by atoms with Crippen LogP contribution in [0.3, 0.4) is 0 Å².